The minimum Gasteiger partial charge on any atom is -0.355 e. The van der Waals surface area contributed by atoms with Gasteiger partial charge in [-0.15, -0.1) is 0 Å². The Morgan fingerprint density at radius 3 is 2.76 bits per heavy atom. The van der Waals surface area contributed by atoms with Crippen LogP contribution in [0.15, 0.2) is 47.3 Å². The number of pyridine rings is 1. The van der Waals surface area contributed by atoms with Crippen LogP contribution in [-0.2, 0) is 0 Å². The molecule has 1 aromatic heterocycles. The maximum absolute atomic E-state index is 12.3. The number of fused-ring (bicyclic) bond motifs is 1. The van der Waals surface area contributed by atoms with Gasteiger partial charge >= 0.3 is 0 Å². The molecule has 2 rings (SSSR count). The average molecular weight is 281 g/mol. The van der Waals surface area contributed by atoms with Crippen molar-refractivity contribution in [1.29, 1.82) is 0 Å². The molecule has 110 valence electrons. The number of para-hydroxylation sites is 1. The lowest BCUT2D eigenvalue weighted by atomic mass is 10.1. The summed E-state index contributed by atoms with van der Waals surface area (Å²) in [5, 5.41) is 0.752. The molecule has 0 bridgehead atoms. The molecule has 0 radical (unpaired) electrons. The number of hydrogen-bond donors (Lipinski definition) is 1. The zero-order valence-electron chi connectivity index (χ0n) is 12.9. The first-order chi connectivity index (χ1) is 10.2. The van der Waals surface area contributed by atoms with Gasteiger partial charge in [-0.3, -0.25) is 4.79 Å². The van der Waals surface area contributed by atoms with Crippen molar-refractivity contribution >= 4 is 17.0 Å². The summed E-state index contributed by atoms with van der Waals surface area (Å²) in [7, 11) is 0. The van der Waals surface area contributed by atoms with E-state index in [0.29, 0.717) is 0 Å². The van der Waals surface area contributed by atoms with Crippen LogP contribution in [0.5, 0.6) is 0 Å². The molecular formula is C19H23NO. The van der Waals surface area contributed by atoms with E-state index in [1.54, 1.807) is 0 Å². The van der Waals surface area contributed by atoms with Gasteiger partial charge in [0.15, 0.2) is 5.43 Å². The Bertz CT molecular complexity index is 707. The minimum atomic E-state index is 0.107. The summed E-state index contributed by atoms with van der Waals surface area (Å²) in [4.78, 5) is 15.6. The summed E-state index contributed by atoms with van der Waals surface area (Å²) in [6.07, 6.45) is 13.1. The molecule has 0 spiro atoms. The summed E-state index contributed by atoms with van der Waals surface area (Å²) >= 11 is 0. The molecule has 0 aliphatic rings. The second-order valence-corrected chi connectivity index (χ2v) is 5.32. The van der Waals surface area contributed by atoms with Gasteiger partial charge in [0, 0.05) is 22.2 Å². The number of allylic oxidation sites excluding steroid dienone is 3. The predicted molar refractivity (Wildman–Crippen MR) is 91.6 cm³/mol. The van der Waals surface area contributed by atoms with Gasteiger partial charge in [-0.1, -0.05) is 50.1 Å². The first kappa shape index (κ1) is 15.3. The Morgan fingerprint density at radius 1 is 1.14 bits per heavy atom. The van der Waals surface area contributed by atoms with Gasteiger partial charge in [0.2, 0.25) is 0 Å². The van der Waals surface area contributed by atoms with Gasteiger partial charge in [-0.2, -0.15) is 0 Å². The molecule has 0 amide bonds. The summed E-state index contributed by atoms with van der Waals surface area (Å²) in [6.45, 7) is 4.08. The number of rotatable bonds is 6. The highest BCUT2D eigenvalue weighted by Crippen LogP contribution is 2.12. The quantitative estimate of drug-likeness (QED) is 0.587. The van der Waals surface area contributed by atoms with Crippen LogP contribution >= 0.6 is 0 Å². The zero-order valence-corrected chi connectivity index (χ0v) is 12.9. The van der Waals surface area contributed by atoms with Crippen LogP contribution in [0.1, 0.15) is 43.9 Å². The lowest BCUT2D eigenvalue weighted by Crippen LogP contribution is -2.09. The van der Waals surface area contributed by atoms with Crippen molar-refractivity contribution < 1.29 is 0 Å². The second kappa shape index (κ2) is 7.63. The number of H-pyrrole nitrogens is 1. The van der Waals surface area contributed by atoms with E-state index in [4.69, 9.17) is 0 Å². The van der Waals surface area contributed by atoms with Crippen molar-refractivity contribution in [3.8, 4) is 0 Å². The maximum atomic E-state index is 12.3. The zero-order chi connectivity index (χ0) is 15.1. The second-order valence-electron chi connectivity index (χ2n) is 5.32. The fourth-order valence-corrected chi connectivity index (χ4v) is 2.36. The highest BCUT2D eigenvalue weighted by atomic mass is 16.1. The minimum absolute atomic E-state index is 0.107. The third-order valence-corrected chi connectivity index (χ3v) is 3.67. The van der Waals surface area contributed by atoms with E-state index in [0.717, 1.165) is 28.6 Å². The van der Waals surface area contributed by atoms with Gasteiger partial charge in [0.1, 0.15) is 0 Å². The van der Waals surface area contributed by atoms with Gasteiger partial charge in [0.05, 0.1) is 0 Å². The Labute approximate surface area is 126 Å². The largest absolute Gasteiger partial charge is 0.355 e. The Morgan fingerprint density at radius 2 is 1.95 bits per heavy atom. The molecular weight excluding hydrogens is 258 g/mol. The number of aromatic nitrogens is 1. The SMILES string of the molecule is CCCCC/C=C/C=C/c1[nH]c2ccccc2c(=O)c1C. The normalized spacial score (nSPS) is 11.9. The number of nitrogens with one attached hydrogen (secondary N) is 1. The molecule has 1 N–H and O–H groups in total. The summed E-state index contributed by atoms with van der Waals surface area (Å²) in [5.41, 5.74) is 2.65. The first-order valence-electron chi connectivity index (χ1n) is 7.69. The van der Waals surface area contributed by atoms with Crippen LogP contribution < -0.4 is 5.43 Å². The van der Waals surface area contributed by atoms with Crippen molar-refractivity contribution in [1.82, 2.24) is 4.98 Å². The average Bonchev–Trinajstić information content (AvgIpc) is 2.51. The molecule has 0 saturated carbocycles. The Balaban J connectivity index is 2.15. The van der Waals surface area contributed by atoms with Crippen molar-refractivity contribution in [2.75, 3.05) is 0 Å². The van der Waals surface area contributed by atoms with E-state index in [1.807, 2.05) is 43.3 Å². The van der Waals surface area contributed by atoms with Crippen molar-refractivity contribution in [2.24, 2.45) is 0 Å². The third-order valence-electron chi connectivity index (χ3n) is 3.67. The van der Waals surface area contributed by atoms with E-state index in [-0.39, 0.29) is 5.43 Å². The van der Waals surface area contributed by atoms with Gasteiger partial charge in [-0.25, -0.2) is 0 Å². The van der Waals surface area contributed by atoms with Crippen molar-refractivity contribution in [2.45, 2.75) is 39.5 Å². The molecule has 1 aromatic carbocycles. The molecule has 0 fully saturated rings. The standard InChI is InChI=1S/C19H23NO/c1-3-4-5-6-7-8-9-13-17-15(2)19(21)16-12-10-11-14-18(16)20-17/h7-14H,3-6H2,1-2H3,(H,20,21)/b8-7+,13-9+. The first-order valence-corrected chi connectivity index (χ1v) is 7.69. The molecule has 2 heteroatoms. The molecule has 21 heavy (non-hydrogen) atoms. The van der Waals surface area contributed by atoms with E-state index in [2.05, 4.69) is 24.1 Å². The number of aromatic amines is 1. The van der Waals surface area contributed by atoms with E-state index in [9.17, 15) is 4.79 Å². The van der Waals surface area contributed by atoms with Crippen molar-refractivity contribution in [3.05, 3.63) is 64.0 Å². The number of benzene rings is 1. The Hall–Kier alpha value is -2.09. The fourth-order valence-electron chi connectivity index (χ4n) is 2.36. The molecule has 1 heterocycles. The maximum Gasteiger partial charge on any atom is 0.192 e. The van der Waals surface area contributed by atoms with E-state index in [1.165, 1.54) is 19.3 Å². The van der Waals surface area contributed by atoms with Crippen LogP contribution in [0.4, 0.5) is 0 Å². The topological polar surface area (TPSA) is 32.9 Å². The third kappa shape index (κ3) is 3.94. The fraction of sp³-hybridized carbons (Fsp3) is 0.316. The Kier molecular flexibility index (Phi) is 5.56. The summed E-state index contributed by atoms with van der Waals surface area (Å²) < 4.78 is 0. The predicted octanol–water partition coefficient (Wildman–Crippen LogP) is 4.99. The van der Waals surface area contributed by atoms with Crippen LogP contribution in [-0.4, -0.2) is 4.98 Å². The van der Waals surface area contributed by atoms with Crippen LogP contribution in [0.3, 0.4) is 0 Å². The van der Waals surface area contributed by atoms with E-state index < -0.39 is 0 Å². The monoisotopic (exact) mass is 281 g/mol. The molecule has 0 saturated heterocycles. The molecule has 0 unspecified atom stereocenters. The van der Waals surface area contributed by atoms with Gasteiger partial charge in [0.25, 0.3) is 0 Å². The molecule has 0 aliphatic carbocycles. The molecule has 0 atom stereocenters. The van der Waals surface area contributed by atoms with Gasteiger partial charge in [-0.05, 0) is 38.0 Å². The van der Waals surface area contributed by atoms with Crippen LogP contribution in [0.25, 0.3) is 17.0 Å². The van der Waals surface area contributed by atoms with E-state index >= 15 is 0 Å². The molecule has 0 aliphatic heterocycles. The molecule has 2 nitrogen and oxygen atoms in total. The van der Waals surface area contributed by atoms with Gasteiger partial charge < -0.3 is 4.98 Å². The van der Waals surface area contributed by atoms with Crippen molar-refractivity contribution in [3.63, 3.8) is 0 Å². The highest BCUT2D eigenvalue weighted by Gasteiger charge is 2.04. The lowest BCUT2D eigenvalue weighted by Gasteiger charge is -2.04. The summed E-state index contributed by atoms with van der Waals surface area (Å²) in [5.74, 6) is 0. The number of unbranched alkanes of at least 4 members (excludes halogenated alkanes) is 3. The highest BCUT2D eigenvalue weighted by molar-refractivity contribution is 5.80. The van der Waals surface area contributed by atoms with Crippen LogP contribution in [0.2, 0.25) is 0 Å². The smallest absolute Gasteiger partial charge is 0.192 e. The molecule has 2 aromatic rings. The number of hydrogen-bond acceptors (Lipinski definition) is 1. The van der Waals surface area contributed by atoms with Crippen LogP contribution in [0, 0.1) is 6.92 Å². The lowest BCUT2D eigenvalue weighted by molar-refractivity contribution is 0.729. The summed E-state index contributed by atoms with van der Waals surface area (Å²) in [6, 6.07) is 7.64.